The third-order valence-electron chi connectivity index (χ3n) is 3.42. The second-order valence-corrected chi connectivity index (χ2v) is 5.43. The molecule has 3 heteroatoms. The topological polar surface area (TPSA) is 55.1 Å². The van der Waals surface area contributed by atoms with E-state index in [4.69, 9.17) is 5.73 Å². The number of rotatable bonds is 5. The molecule has 16 heavy (non-hydrogen) atoms. The summed E-state index contributed by atoms with van der Waals surface area (Å²) in [7, 11) is 0. The van der Waals surface area contributed by atoms with Crippen LogP contribution in [0.15, 0.2) is 0 Å². The van der Waals surface area contributed by atoms with Crippen LogP contribution in [-0.2, 0) is 4.79 Å². The van der Waals surface area contributed by atoms with Crippen LogP contribution >= 0.6 is 0 Å². The lowest BCUT2D eigenvalue weighted by Gasteiger charge is -2.25. The Morgan fingerprint density at radius 2 is 1.81 bits per heavy atom. The minimum atomic E-state index is -0.174. The van der Waals surface area contributed by atoms with Crippen molar-refractivity contribution in [3.05, 3.63) is 0 Å². The van der Waals surface area contributed by atoms with Gasteiger partial charge in [-0.1, -0.05) is 39.5 Å². The minimum absolute atomic E-state index is 0.111. The van der Waals surface area contributed by atoms with Crippen molar-refractivity contribution in [3.63, 3.8) is 0 Å². The highest BCUT2D eigenvalue weighted by Gasteiger charge is 2.26. The molecule has 0 aromatic carbocycles. The highest BCUT2D eigenvalue weighted by atomic mass is 16.1. The van der Waals surface area contributed by atoms with Gasteiger partial charge in [-0.3, -0.25) is 4.79 Å². The van der Waals surface area contributed by atoms with Crippen molar-refractivity contribution in [1.29, 1.82) is 0 Å². The van der Waals surface area contributed by atoms with Gasteiger partial charge < -0.3 is 11.1 Å². The molecule has 1 atom stereocenters. The van der Waals surface area contributed by atoms with Gasteiger partial charge in [-0.05, 0) is 31.2 Å². The van der Waals surface area contributed by atoms with Crippen LogP contribution < -0.4 is 11.1 Å². The summed E-state index contributed by atoms with van der Waals surface area (Å²) in [5.41, 5.74) is 5.50. The molecule has 0 aromatic rings. The Labute approximate surface area is 99.2 Å². The van der Waals surface area contributed by atoms with Crippen LogP contribution in [-0.4, -0.2) is 18.5 Å². The Kier molecular flexibility index (Phi) is 5.81. The number of carbonyl (C=O) groups excluding carboxylic acids is 1. The molecular formula is C13H26N2O. The maximum atomic E-state index is 11.5. The molecular weight excluding hydrogens is 200 g/mol. The zero-order valence-corrected chi connectivity index (χ0v) is 10.7. The molecule has 0 aromatic heterocycles. The fourth-order valence-electron chi connectivity index (χ4n) is 2.51. The second kappa shape index (κ2) is 6.89. The maximum absolute atomic E-state index is 11.5. The Morgan fingerprint density at radius 3 is 2.25 bits per heavy atom. The SMILES string of the molecule is CC(C)CNC(C(N)=O)C1CCCCCC1. The average Bonchev–Trinajstić information content (AvgIpc) is 2.45. The zero-order chi connectivity index (χ0) is 12.0. The van der Waals surface area contributed by atoms with E-state index in [0.29, 0.717) is 11.8 Å². The largest absolute Gasteiger partial charge is 0.368 e. The molecule has 1 fully saturated rings. The predicted molar refractivity (Wildman–Crippen MR) is 67.0 cm³/mol. The van der Waals surface area contributed by atoms with Gasteiger partial charge in [-0.25, -0.2) is 0 Å². The van der Waals surface area contributed by atoms with E-state index in [2.05, 4.69) is 19.2 Å². The van der Waals surface area contributed by atoms with Crippen LogP contribution in [0.25, 0.3) is 0 Å². The molecule has 1 aliphatic carbocycles. The quantitative estimate of drug-likeness (QED) is 0.705. The number of amides is 1. The van der Waals surface area contributed by atoms with Crippen molar-refractivity contribution >= 4 is 5.91 Å². The lowest BCUT2D eigenvalue weighted by molar-refractivity contribution is -0.121. The van der Waals surface area contributed by atoms with Crippen molar-refractivity contribution in [1.82, 2.24) is 5.32 Å². The first-order valence-electron chi connectivity index (χ1n) is 6.64. The standard InChI is InChI=1S/C13H26N2O/c1-10(2)9-15-12(13(14)16)11-7-5-3-4-6-8-11/h10-12,15H,3-9H2,1-2H3,(H2,14,16). The fourth-order valence-corrected chi connectivity index (χ4v) is 2.51. The highest BCUT2D eigenvalue weighted by molar-refractivity contribution is 5.80. The first kappa shape index (κ1) is 13.5. The summed E-state index contributed by atoms with van der Waals surface area (Å²) in [5, 5.41) is 3.34. The van der Waals surface area contributed by atoms with Gasteiger partial charge in [0.25, 0.3) is 0 Å². The lowest BCUT2D eigenvalue weighted by atomic mass is 9.91. The summed E-state index contributed by atoms with van der Waals surface area (Å²) in [4.78, 5) is 11.5. The Hall–Kier alpha value is -0.570. The van der Waals surface area contributed by atoms with Crippen LogP contribution in [0, 0.1) is 11.8 Å². The first-order chi connectivity index (χ1) is 7.61. The summed E-state index contributed by atoms with van der Waals surface area (Å²) in [6, 6.07) is -0.111. The Morgan fingerprint density at radius 1 is 1.25 bits per heavy atom. The summed E-state index contributed by atoms with van der Waals surface area (Å²) in [6.07, 6.45) is 7.42. The number of hydrogen-bond donors (Lipinski definition) is 2. The van der Waals surface area contributed by atoms with E-state index in [0.717, 1.165) is 19.4 Å². The number of nitrogens with one attached hydrogen (secondary N) is 1. The molecule has 3 nitrogen and oxygen atoms in total. The van der Waals surface area contributed by atoms with Crippen molar-refractivity contribution < 1.29 is 4.79 Å². The van der Waals surface area contributed by atoms with Gasteiger partial charge in [0.1, 0.15) is 0 Å². The van der Waals surface area contributed by atoms with E-state index in [1.807, 2.05) is 0 Å². The normalized spacial score (nSPS) is 20.7. The van der Waals surface area contributed by atoms with E-state index in [-0.39, 0.29) is 11.9 Å². The van der Waals surface area contributed by atoms with Crippen LogP contribution in [0.2, 0.25) is 0 Å². The van der Waals surface area contributed by atoms with Crippen molar-refractivity contribution in [2.24, 2.45) is 17.6 Å². The van der Waals surface area contributed by atoms with Crippen molar-refractivity contribution in [3.8, 4) is 0 Å². The third kappa shape index (κ3) is 4.52. The molecule has 1 saturated carbocycles. The Bertz CT molecular complexity index is 208. The molecule has 0 bridgehead atoms. The molecule has 1 rings (SSSR count). The molecule has 0 spiro atoms. The smallest absolute Gasteiger partial charge is 0.234 e. The van der Waals surface area contributed by atoms with Gasteiger partial charge >= 0.3 is 0 Å². The van der Waals surface area contributed by atoms with Gasteiger partial charge in [0, 0.05) is 0 Å². The van der Waals surface area contributed by atoms with E-state index in [1.165, 1.54) is 25.7 Å². The fraction of sp³-hybridized carbons (Fsp3) is 0.923. The van der Waals surface area contributed by atoms with E-state index >= 15 is 0 Å². The average molecular weight is 226 g/mol. The van der Waals surface area contributed by atoms with Gasteiger partial charge in [-0.2, -0.15) is 0 Å². The minimum Gasteiger partial charge on any atom is -0.368 e. The summed E-state index contributed by atoms with van der Waals surface area (Å²) >= 11 is 0. The molecule has 94 valence electrons. The van der Waals surface area contributed by atoms with Gasteiger partial charge in [0.15, 0.2) is 0 Å². The molecule has 1 aliphatic rings. The van der Waals surface area contributed by atoms with Crippen molar-refractivity contribution in [2.75, 3.05) is 6.54 Å². The lowest BCUT2D eigenvalue weighted by Crippen LogP contribution is -2.47. The molecule has 0 saturated heterocycles. The summed E-state index contributed by atoms with van der Waals surface area (Å²) < 4.78 is 0. The molecule has 0 aliphatic heterocycles. The van der Waals surface area contributed by atoms with Gasteiger partial charge in [0.2, 0.25) is 5.91 Å². The monoisotopic (exact) mass is 226 g/mol. The number of nitrogens with two attached hydrogens (primary N) is 1. The third-order valence-corrected chi connectivity index (χ3v) is 3.42. The van der Waals surface area contributed by atoms with Gasteiger partial charge in [-0.15, -0.1) is 0 Å². The van der Waals surface area contributed by atoms with Gasteiger partial charge in [0.05, 0.1) is 6.04 Å². The Balaban J connectivity index is 2.49. The number of carbonyl (C=O) groups is 1. The van der Waals surface area contributed by atoms with E-state index < -0.39 is 0 Å². The molecule has 0 heterocycles. The maximum Gasteiger partial charge on any atom is 0.234 e. The van der Waals surface area contributed by atoms with E-state index in [9.17, 15) is 4.79 Å². The second-order valence-electron chi connectivity index (χ2n) is 5.43. The molecule has 3 N–H and O–H groups in total. The van der Waals surface area contributed by atoms with Crippen LogP contribution in [0.5, 0.6) is 0 Å². The number of hydrogen-bond acceptors (Lipinski definition) is 2. The first-order valence-corrected chi connectivity index (χ1v) is 6.64. The van der Waals surface area contributed by atoms with Crippen LogP contribution in [0.1, 0.15) is 52.4 Å². The summed E-state index contributed by atoms with van der Waals surface area (Å²) in [6.45, 7) is 5.18. The highest BCUT2D eigenvalue weighted by Crippen LogP contribution is 2.25. The predicted octanol–water partition coefficient (Wildman–Crippen LogP) is 2.06. The molecule has 1 unspecified atom stereocenters. The molecule has 1 amide bonds. The van der Waals surface area contributed by atoms with E-state index in [1.54, 1.807) is 0 Å². The number of primary amides is 1. The summed E-state index contributed by atoms with van der Waals surface area (Å²) in [5.74, 6) is 0.846. The molecule has 0 radical (unpaired) electrons. The zero-order valence-electron chi connectivity index (χ0n) is 10.7. The van der Waals surface area contributed by atoms with Crippen LogP contribution in [0.3, 0.4) is 0 Å². The van der Waals surface area contributed by atoms with Crippen molar-refractivity contribution in [2.45, 2.75) is 58.4 Å². The van der Waals surface area contributed by atoms with Crippen LogP contribution in [0.4, 0.5) is 0 Å².